The summed E-state index contributed by atoms with van der Waals surface area (Å²) in [5.74, 6) is -1.92. The quantitative estimate of drug-likeness (QED) is 0.705. The van der Waals surface area contributed by atoms with Crippen molar-refractivity contribution in [2.75, 3.05) is 13.1 Å². The molecule has 3 atom stereocenters. The Kier molecular flexibility index (Phi) is 4.01. The third-order valence-corrected chi connectivity index (χ3v) is 3.84. The maximum atomic E-state index is 12.4. The molecule has 5 nitrogen and oxygen atoms in total. The molecule has 1 amide bonds. The van der Waals surface area contributed by atoms with E-state index in [1.54, 1.807) is 4.90 Å². The van der Waals surface area contributed by atoms with E-state index in [9.17, 15) is 14.7 Å². The first-order valence-electron chi connectivity index (χ1n) is 6.51. The lowest BCUT2D eigenvalue weighted by Gasteiger charge is -2.35. The van der Waals surface area contributed by atoms with E-state index in [2.05, 4.69) is 0 Å². The molecule has 0 bridgehead atoms. The summed E-state index contributed by atoms with van der Waals surface area (Å²) in [6.45, 7) is 1.27. The summed E-state index contributed by atoms with van der Waals surface area (Å²) in [5, 5.41) is 9.18. The first kappa shape index (κ1) is 13.1. The predicted octanol–water partition coefficient (Wildman–Crippen LogP) is 0.603. The van der Waals surface area contributed by atoms with Gasteiger partial charge in [0.2, 0.25) is 5.91 Å². The lowest BCUT2D eigenvalue weighted by Crippen LogP contribution is -2.49. The molecule has 1 saturated heterocycles. The van der Waals surface area contributed by atoms with Crippen LogP contribution >= 0.6 is 0 Å². The van der Waals surface area contributed by atoms with Crippen LogP contribution in [0.15, 0.2) is 12.2 Å². The standard InChI is InChI=1S/C13H20N2O3/c14-9-4-3-7-15(8-9)12(16)10-5-1-2-6-11(10)13(17)18/h1-2,9-11H,3-8,14H2,(H,17,18). The molecule has 0 aromatic carbocycles. The maximum Gasteiger partial charge on any atom is 0.307 e. The second-order valence-corrected chi connectivity index (χ2v) is 5.18. The maximum absolute atomic E-state index is 12.4. The molecule has 0 spiro atoms. The Morgan fingerprint density at radius 3 is 2.50 bits per heavy atom. The van der Waals surface area contributed by atoms with Crippen molar-refractivity contribution < 1.29 is 14.7 Å². The van der Waals surface area contributed by atoms with Crippen LogP contribution in [0.1, 0.15) is 25.7 Å². The van der Waals surface area contributed by atoms with Gasteiger partial charge in [-0.2, -0.15) is 0 Å². The number of likely N-dealkylation sites (tertiary alicyclic amines) is 1. The summed E-state index contributed by atoms with van der Waals surface area (Å²) < 4.78 is 0. The number of carboxylic acids is 1. The molecule has 0 saturated carbocycles. The van der Waals surface area contributed by atoms with Crippen molar-refractivity contribution >= 4 is 11.9 Å². The summed E-state index contributed by atoms with van der Waals surface area (Å²) in [4.78, 5) is 25.3. The molecule has 1 aliphatic carbocycles. The van der Waals surface area contributed by atoms with E-state index in [4.69, 9.17) is 5.73 Å². The molecule has 0 radical (unpaired) electrons. The molecule has 0 aromatic heterocycles. The van der Waals surface area contributed by atoms with Gasteiger partial charge in [0, 0.05) is 19.1 Å². The highest BCUT2D eigenvalue weighted by atomic mass is 16.4. The molecular formula is C13H20N2O3. The third kappa shape index (κ3) is 2.72. The van der Waals surface area contributed by atoms with Crippen LogP contribution in [0.25, 0.3) is 0 Å². The van der Waals surface area contributed by atoms with Crippen LogP contribution in [-0.4, -0.2) is 41.0 Å². The fourth-order valence-corrected chi connectivity index (χ4v) is 2.80. The van der Waals surface area contributed by atoms with Gasteiger partial charge in [-0.3, -0.25) is 9.59 Å². The van der Waals surface area contributed by atoms with Gasteiger partial charge in [-0.05, 0) is 25.7 Å². The zero-order valence-corrected chi connectivity index (χ0v) is 10.4. The predicted molar refractivity (Wildman–Crippen MR) is 66.8 cm³/mol. The second-order valence-electron chi connectivity index (χ2n) is 5.18. The number of rotatable bonds is 2. The number of carbonyl (C=O) groups is 2. The van der Waals surface area contributed by atoms with Gasteiger partial charge in [0.1, 0.15) is 0 Å². The molecule has 18 heavy (non-hydrogen) atoms. The number of hydrogen-bond acceptors (Lipinski definition) is 3. The number of piperidine rings is 1. The van der Waals surface area contributed by atoms with E-state index in [1.807, 2.05) is 12.2 Å². The molecular weight excluding hydrogens is 232 g/mol. The number of aliphatic carboxylic acids is 1. The molecule has 1 aliphatic heterocycles. The molecule has 1 heterocycles. The zero-order chi connectivity index (χ0) is 13.1. The smallest absolute Gasteiger partial charge is 0.307 e. The number of hydrogen-bond donors (Lipinski definition) is 2. The summed E-state index contributed by atoms with van der Waals surface area (Å²) >= 11 is 0. The molecule has 100 valence electrons. The average molecular weight is 252 g/mol. The molecule has 1 fully saturated rings. The summed E-state index contributed by atoms with van der Waals surface area (Å²) in [7, 11) is 0. The number of carboxylic acid groups (broad SMARTS) is 1. The monoisotopic (exact) mass is 252 g/mol. The molecule has 0 aromatic rings. The van der Waals surface area contributed by atoms with Gasteiger partial charge in [0.15, 0.2) is 0 Å². The molecule has 5 heteroatoms. The highest BCUT2D eigenvalue weighted by molar-refractivity contribution is 5.85. The van der Waals surface area contributed by atoms with E-state index in [0.717, 1.165) is 12.8 Å². The van der Waals surface area contributed by atoms with Crippen LogP contribution in [0.4, 0.5) is 0 Å². The van der Waals surface area contributed by atoms with Crippen molar-refractivity contribution in [2.24, 2.45) is 17.6 Å². The Hall–Kier alpha value is -1.36. The largest absolute Gasteiger partial charge is 0.481 e. The minimum Gasteiger partial charge on any atom is -0.481 e. The van der Waals surface area contributed by atoms with Crippen LogP contribution in [0.3, 0.4) is 0 Å². The first-order valence-corrected chi connectivity index (χ1v) is 6.51. The number of amides is 1. The van der Waals surface area contributed by atoms with Crippen molar-refractivity contribution in [1.82, 2.24) is 4.90 Å². The van der Waals surface area contributed by atoms with Gasteiger partial charge >= 0.3 is 5.97 Å². The Morgan fingerprint density at radius 1 is 1.22 bits per heavy atom. The second kappa shape index (κ2) is 5.52. The van der Waals surface area contributed by atoms with Crippen LogP contribution < -0.4 is 5.73 Å². The Labute approximate surface area is 107 Å². The van der Waals surface area contributed by atoms with E-state index in [0.29, 0.717) is 25.9 Å². The Bertz CT molecular complexity index is 367. The van der Waals surface area contributed by atoms with Crippen LogP contribution in [0.2, 0.25) is 0 Å². The van der Waals surface area contributed by atoms with Crippen LogP contribution in [-0.2, 0) is 9.59 Å². The Balaban J connectivity index is 2.06. The van der Waals surface area contributed by atoms with Gasteiger partial charge in [0.25, 0.3) is 0 Å². The van der Waals surface area contributed by atoms with Crippen molar-refractivity contribution in [3.8, 4) is 0 Å². The lowest BCUT2D eigenvalue weighted by molar-refractivity contribution is -0.151. The summed E-state index contributed by atoms with van der Waals surface area (Å²) in [6, 6.07) is 0.0325. The van der Waals surface area contributed by atoms with Crippen molar-refractivity contribution in [2.45, 2.75) is 31.7 Å². The van der Waals surface area contributed by atoms with Crippen molar-refractivity contribution in [3.05, 3.63) is 12.2 Å². The first-order chi connectivity index (χ1) is 8.59. The number of allylic oxidation sites excluding steroid dienone is 2. The fourth-order valence-electron chi connectivity index (χ4n) is 2.80. The summed E-state index contributed by atoms with van der Waals surface area (Å²) in [6.07, 6.45) is 6.59. The Morgan fingerprint density at radius 2 is 1.89 bits per heavy atom. The minimum absolute atomic E-state index is 0.0325. The highest BCUT2D eigenvalue weighted by Gasteiger charge is 2.37. The SMILES string of the molecule is NC1CCCN(C(=O)C2CC=CCC2C(=O)O)C1. The fraction of sp³-hybridized carbons (Fsp3) is 0.692. The minimum atomic E-state index is -0.876. The van der Waals surface area contributed by atoms with Crippen molar-refractivity contribution in [3.63, 3.8) is 0 Å². The molecule has 2 rings (SSSR count). The van der Waals surface area contributed by atoms with Gasteiger partial charge in [-0.15, -0.1) is 0 Å². The van der Waals surface area contributed by atoms with Gasteiger partial charge < -0.3 is 15.7 Å². The van der Waals surface area contributed by atoms with Gasteiger partial charge in [-0.25, -0.2) is 0 Å². The topological polar surface area (TPSA) is 83.6 Å². The highest BCUT2D eigenvalue weighted by Crippen LogP contribution is 2.28. The molecule has 3 unspecified atom stereocenters. The average Bonchev–Trinajstić information content (AvgIpc) is 2.38. The van der Waals surface area contributed by atoms with Crippen LogP contribution in [0.5, 0.6) is 0 Å². The number of carbonyl (C=O) groups excluding carboxylic acids is 1. The molecule has 2 aliphatic rings. The van der Waals surface area contributed by atoms with Gasteiger partial charge in [-0.1, -0.05) is 12.2 Å². The van der Waals surface area contributed by atoms with E-state index < -0.39 is 17.8 Å². The van der Waals surface area contributed by atoms with Gasteiger partial charge in [0.05, 0.1) is 11.8 Å². The number of nitrogens with two attached hydrogens (primary N) is 1. The van der Waals surface area contributed by atoms with E-state index >= 15 is 0 Å². The molecule has 3 N–H and O–H groups in total. The lowest BCUT2D eigenvalue weighted by atomic mass is 9.81. The van der Waals surface area contributed by atoms with E-state index in [1.165, 1.54) is 0 Å². The normalized spacial score (nSPS) is 32.3. The van der Waals surface area contributed by atoms with E-state index in [-0.39, 0.29) is 11.9 Å². The number of nitrogens with zero attached hydrogens (tertiary/aromatic N) is 1. The zero-order valence-electron chi connectivity index (χ0n) is 10.4. The van der Waals surface area contributed by atoms with Crippen molar-refractivity contribution in [1.29, 1.82) is 0 Å². The summed E-state index contributed by atoms with van der Waals surface area (Å²) in [5.41, 5.74) is 5.86. The van der Waals surface area contributed by atoms with Crippen LogP contribution in [0, 0.1) is 11.8 Å². The third-order valence-electron chi connectivity index (χ3n) is 3.84.